The first-order chi connectivity index (χ1) is 9.70. The maximum absolute atomic E-state index is 11.2. The van der Waals surface area contributed by atoms with Crippen LogP contribution in [-0.4, -0.2) is 47.7 Å². The van der Waals surface area contributed by atoms with Crippen LogP contribution in [0.25, 0.3) is 0 Å². The number of nitrogens with zero attached hydrogens (tertiary/aromatic N) is 2. The van der Waals surface area contributed by atoms with Crippen molar-refractivity contribution in [3.8, 4) is 0 Å². The molecule has 0 amide bonds. The predicted molar refractivity (Wildman–Crippen MR) is 78.4 cm³/mol. The third kappa shape index (κ3) is 4.26. The summed E-state index contributed by atoms with van der Waals surface area (Å²) in [5.74, 6) is -0.907. The zero-order chi connectivity index (χ0) is 14.4. The molecule has 2 rings (SSSR count). The molecule has 20 heavy (non-hydrogen) atoms. The van der Waals surface area contributed by atoms with E-state index in [1.54, 1.807) is 7.11 Å². The number of hydrogen-bond donors (Lipinski definition) is 1. The summed E-state index contributed by atoms with van der Waals surface area (Å²) in [4.78, 5) is 18.4. The molecule has 0 spiro atoms. The highest BCUT2D eigenvalue weighted by atomic mass is 32.1. The van der Waals surface area contributed by atoms with Crippen molar-refractivity contribution in [2.24, 2.45) is 0 Å². The predicted octanol–water partition coefficient (Wildman–Crippen LogP) is 2.41. The fourth-order valence-corrected chi connectivity index (χ4v) is 3.42. The fourth-order valence-electron chi connectivity index (χ4n) is 2.52. The Morgan fingerprint density at radius 3 is 2.65 bits per heavy atom. The van der Waals surface area contributed by atoms with Gasteiger partial charge in [0.25, 0.3) is 0 Å². The van der Waals surface area contributed by atoms with E-state index in [4.69, 9.17) is 9.84 Å². The molecule has 112 valence electrons. The minimum absolute atomic E-state index is 0.266. The van der Waals surface area contributed by atoms with Crippen LogP contribution in [0.3, 0.4) is 0 Å². The molecule has 0 radical (unpaired) electrons. The van der Waals surface area contributed by atoms with Crippen molar-refractivity contribution in [2.45, 2.75) is 38.7 Å². The lowest BCUT2D eigenvalue weighted by Gasteiger charge is -2.18. The summed E-state index contributed by atoms with van der Waals surface area (Å²) in [6.45, 7) is 3.55. The van der Waals surface area contributed by atoms with Crippen molar-refractivity contribution in [1.82, 2.24) is 9.88 Å². The topological polar surface area (TPSA) is 62.7 Å². The number of thiazole rings is 1. The second-order valence-corrected chi connectivity index (χ2v) is 6.21. The second kappa shape index (κ2) is 7.71. The smallest absolute Gasteiger partial charge is 0.347 e. The van der Waals surface area contributed by atoms with E-state index >= 15 is 0 Å². The number of aromatic carboxylic acids is 1. The summed E-state index contributed by atoms with van der Waals surface area (Å²) in [7, 11) is 1.56. The van der Waals surface area contributed by atoms with E-state index in [1.165, 1.54) is 37.0 Å². The van der Waals surface area contributed by atoms with Gasteiger partial charge in [-0.2, -0.15) is 0 Å². The first-order valence-corrected chi connectivity index (χ1v) is 7.95. The summed E-state index contributed by atoms with van der Waals surface area (Å²) >= 11 is 1.28. The van der Waals surface area contributed by atoms with Crippen molar-refractivity contribution in [3.05, 3.63) is 15.6 Å². The lowest BCUT2D eigenvalue weighted by molar-refractivity contribution is 0.0697. The Kier molecular flexibility index (Phi) is 5.94. The van der Waals surface area contributed by atoms with Gasteiger partial charge in [0.15, 0.2) is 0 Å². The molecule has 1 saturated heterocycles. The standard InChI is InChI=1S/C14H22N2O3S/c1-19-10-11-13(14(17)18)20-12(15-11)6-9-16-7-4-2-3-5-8-16/h2-10H2,1H3,(H,17,18). The third-order valence-electron chi connectivity index (χ3n) is 3.56. The van der Waals surface area contributed by atoms with Gasteiger partial charge in [0.1, 0.15) is 4.88 Å². The molecule has 1 aromatic heterocycles. The number of carboxylic acid groups (broad SMARTS) is 1. The minimum Gasteiger partial charge on any atom is -0.477 e. The van der Waals surface area contributed by atoms with Crippen molar-refractivity contribution < 1.29 is 14.6 Å². The van der Waals surface area contributed by atoms with Gasteiger partial charge in [0.05, 0.1) is 17.3 Å². The number of likely N-dealkylation sites (tertiary alicyclic amines) is 1. The maximum atomic E-state index is 11.2. The molecule has 1 aliphatic heterocycles. The molecule has 0 bridgehead atoms. The van der Waals surface area contributed by atoms with Crippen LogP contribution < -0.4 is 0 Å². The van der Waals surface area contributed by atoms with Gasteiger partial charge in [-0.3, -0.25) is 0 Å². The van der Waals surface area contributed by atoms with Crippen molar-refractivity contribution in [3.63, 3.8) is 0 Å². The summed E-state index contributed by atoms with van der Waals surface area (Å²) in [5, 5.41) is 10.1. The SMILES string of the molecule is COCc1nc(CCN2CCCCCC2)sc1C(=O)O. The van der Waals surface area contributed by atoms with E-state index in [2.05, 4.69) is 9.88 Å². The zero-order valence-corrected chi connectivity index (χ0v) is 12.7. The summed E-state index contributed by atoms with van der Waals surface area (Å²) in [6, 6.07) is 0. The zero-order valence-electron chi connectivity index (χ0n) is 11.9. The van der Waals surface area contributed by atoms with Gasteiger partial charge in [0.2, 0.25) is 0 Å². The normalized spacial score (nSPS) is 17.1. The Balaban J connectivity index is 1.94. The Morgan fingerprint density at radius 1 is 1.35 bits per heavy atom. The van der Waals surface area contributed by atoms with Crippen LogP contribution in [0.2, 0.25) is 0 Å². The van der Waals surface area contributed by atoms with E-state index in [1.807, 2.05) is 0 Å². The van der Waals surface area contributed by atoms with Crippen molar-refractivity contribution in [2.75, 3.05) is 26.7 Å². The molecule has 0 saturated carbocycles. The molecule has 5 nitrogen and oxygen atoms in total. The summed E-state index contributed by atoms with van der Waals surface area (Å²) in [5.41, 5.74) is 0.552. The Labute approximate surface area is 123 Å². The van der Waals surface area contributed by atoms with Crippen LogP contribution in [0.4, 0.5) is 0 Å². The number of rotatable bonds is 6. The number of ether oxygens (including phenoxy) is 1. The average Bonchev–Trinajstić information content (AvgIpc) is 2.66. The quantitative estimate of drug-likeness (QED) is 0.874. The van der Waals surface area contributed by atoms with E-state index in [-0.39, 0.29) is 6.61 Å². The highest BCUT2D eigenvalue weighted by Crippen LogP contribution is 2.20. The summed E-state index contributed by atoms with van der Waals surface area (Å²) in [6.07, 6.45) is 6.03. The highest BCUT2D eigenvalue weighted by Gasteiger charge is 2.18. The van der Waals surface area contributed by atoms with Crippen molar-refractivity contribution >= 4 is 17.3 Å². The minimum atomic E-state index is -0.907. The number of carbonyl (C=O) groups is 1. The van der Waals surface area contributed by atoms with E-state index in [9.17, 15) is 4.79 Å². The van der Waals surface area contributed by atoms with Crippen LogP contribution in [-0.2, 0) is 17.8 Å². The second-order valence-electron chi connectivity index (χ2n) is 5.13. The number of carboxylic acids is 1. The molecular formula is C14H22N2O3S. The van der Waals surface area contributed by atoms with Crippen LogP contribution in [0.15, 0.2) is 0 Å². The Morgan fingerprint density at radius 2 is 2.05 bits per heavy atom. The van der Waals surface area contributed by atoms with Gasteiger partial charge in [-0.05, 0) is 25.9 Å². The molecule has 0 atom stereocenters. The average molecular weight is 298 g/mol. The lowest BCUT2D eigenvalue weighted by Crippen LogP contribution is -2.26. The third-order valence-corrected chi connectivity index (χ3v) is 4.70. The van der Waals surface area contributed by atoms with Crippen LogP contribution >= 0.6 is 11.3 Å². The molecule has 0 aliphatic carbocycles. The van der Waals surface area contributed by atoms with Crippen LogP contribution in [0.5, 0.6) is 0 Å². The Bertz CT molecular complexity index is 440. The van der Waals surface area contributed by atoms with Gasteiger partial charge < -0.3 is 14.7 Å². The molecule has 2 heterocycles. The van der Waals surface area contributed by atoms with Crippen LogP contribution in [0.1, 0.15) is 46.1 Å². The van der Waals surface area contributed by atoms with E-state index in [0.717, 1.165) is 31.1 Å². The molecular weight excluding hydrogens is 276 g/mol. The maximum Gasteiger partial charge on any atom is 0.347 e. The first-order valence-electron chi connectivity index (χ1n) is 7.14. The van der Waals surface area contributed by atoms with Gasteiger partial charge in [-0.15, -0.1) is 11.3 Å². The number of aromatic nitrogens is 1. The number of hydrogen-bond acceptors (Lipinski definition) is 5. The van der Waals surface area contributed by atoms with Crippen LogP contribution in [0, 0.1) is 0 Å². The Hall–Kier alpha value is -0.980. The molecule has 0 unspecified atom stereocenters. The van der Waals surface area contributed by atoms with Gasteiger partial charge in [-0.1, -0.05) is 12.8 Å². The first kappa shape index (κ1) is 15.4. The van der Waals surface area contributed by atoms with Crippen molar-refractivity contribution in [1.29, 1.82) is 0 Å². The van der Waals surface area contributed by atoms with Gasteiger partial charge >= 0.3 is 5.97 Å². The fraction of sp³-hybridized carbons (Fsp3) is 0.714. The highest BCUT2D eigenvalue weighted by molar-refractivity contribution is 7.13. The molecule has 0 aromatic carbocycles. The van der Waals surface area contributed by atoms with Gasteiger partial charge in [-0.25, -0.2) is 9.78 Å². The molecule has 1 aromatic rings. The summed E-state index contributed by atoms with van der Waals surface area (Å²) < 4.78 is 5.01. The molecule has 6 heteroatoms. The molecule has 1 aliphatic rings. The molecule has 1 fully saturated rings. The van der Waals surface area contributed by atoms with Gasteiger partial charge in [0, 0.05) is 20.1 Å². The monoisotopic (exact) mass is 298 g/mol. The number of methoxy groups -OCH3 is 1. The van der Waals surface area contributed by atoms with E-state index < -0.39 is 5.97 Å². The largest absolute Gasteiger partial charge is 0.477 e. The van der Waals surface area contributed by atoms with E-state index in [0.29, 0.717) is 10.6 Å². The molecule has 1 N–H and O–H groups in total. The lowest BCUT2D eigenvalue weighted by atomic mass is 10.2.